The topological polar surface area (TPSA) is 58.5 Å². The number of aliphatic hydroxyl groups is 1. The molecule has 0 aliphatic carbocycles. The zero-order chi connectivity index (χ0) is 11.8. The molecule has 0 atom stereocenters. The predicted molar refractivity (Wildman–Crippen MR) is 62.8 cm³/mol. The van der Waals surface area contributed by atoms with Crippen LogP contribution in [0.15, 0.2) is 12.1 Å². The largest absolute Gasteiger partial charge is 0.397 e. The zero-order valence-electron chi connectivity index (χ0n) is 9.27. The van der Waals surface area contributed by atoms with Gasteiger partial charge in [-0.1, -0.05) is 11.6 Å². The molecule has 16 heavy (non-hydrogen) atoms. The highest BCUT2D eigenvalue weighted by Crippen LogP contribution is 2.12. The number of morpholine rings is 1. The van der Waals surface area contributed by atoms with Gasteiger partial charge in [-0.05, 0) is 19.1 Å². The highest BCUT2D eigenvalue weighted by atomic mass is 35.5. The molecule has 90 valence electrons. The Bertz CT molecular complexity index is 289. The van der Waals surface area contributed by atoms with E-state index < -0.39 is 0 Å². The van der Waals surface area contributed by atoms with Gasteiger partial charge in [0.1, 0.15) is 0 Å². The lowest BCUT2D eigenvalue weighted by molar-refractivity contribution is 0.122. The fourth-order valence-electron chi connectivity index (χ4n) is 1.27. The number of anilines is 1. The second-order valence-electron chi connectivity index (χ2n) is 3.13. The molecule has 0 unspecified atom stereocenters. The minimum atomic E-state index is 0.250. The smallest absolute Gasteiger partial charge is 0.151 e. The summed E-state index contributed by atoms with van der Waals surface area (Å²) >= 11 is 5.63. The Morgan fingerprint density at radius 1 is 1.38 bits per heavy atom. The third kappa shape index (κ3) is 4.30. The molecule has 6 heteroatoms. The van der Waals surface area contributed by atoms with E-state index in [0.717, 1.165) is 32.1 Å². The molecule has 0 saturated carbocycles. The van der Waals surface area contributed by atoms with Crippen molar-refractivity contribution in [1.82, 2.24) is 10.2 Å². The highest BCUT2D eigenvalue weighted by Gasteiger charge is 2.11. The Morgan fingerprint density at radius 3 is 2.50 bits per heavy atom. The quantitative estimate of drug-likeness (QED) is 0.799. The van der Waals surface area contributed by atoms with Crippen LogP contribution in [0.3, 0.4) is 0 Å². The molecule has 1 aromatic rings. The van der Waals surface area contributed by atoms with E-state index in [-0.39, 0.29) is 6.61 Å². The number of hydrogen-bond acceptors (Lipinski definition) is 5. The number of hydrogen-bond donors (Lipinski definition) is 1. The van der Waals surface area contributed by atoms with Gasteiger partial charge in [-0.3, -0.25) is 0 Å². The van der Waals surface area contributed by atoms with Gasteiger partial charge in [-0.2, -0.15) is 0 Å². The summed E-state index contributed by atoms with van der Waals surface area (Å²) in [6.07, 6.45) is 0. The molecule has 1 N–H and O–H groups in total. The molecule has 1 aromatic heterocycles. The average molecular weight is 246 g/mol. The summed E-state index contributed by atoms with van der Waals surface area (Å²) in [6, 6.07) is 3.63. The summed E-state index contributed by atoms with van der Waals surface area (Å²) in [4.78, 5) is 2.13. The number of aromatic nitrogens is 2. The minimum Gasteiger partial charge on any atom is -0.397 e. The summed E-state index contributed by atoms with van der Waals surface area (Å²) in [5, 5.41) is 15.8. The lowest BCUT2D eigenvalue weighted by atomic mass is 10.4. The Hall–Kier alpha value is -0.910. The Morgan fingerprint density at radius 2 is 2.00 bits per heavy atom. The highest BCUT2D eigenvalue weighted by molar-refractivity contribution is 6.29. The molecule has 0 radical (unpaired) electrons. The van der Waals surface area contributed by atoms with Crippen molar-refractivity contribution in [2.24, 2.45) is 0 Å². The van der Waals surface area contributed by atoms with E-state index >= 15 is 0 Å². The third-order valence-electron chi connectivity index (χ3n) is 1.95. The van der Waals surface area contributed by atoms with E-state index in [4.69, 9.17) is 21.4 Å². The van der Waals surface area contributed by atoms with Crippen LogP contribution in [-0.2, 0) is 4.74 Å². The van der Waals surface area contributed by atoms with E-state index in [1.54, 1.807) is 13.0 Å². The van der Waals surface area contributed by atoms with Gasteiger partial charge in [0.2, 0.25) is 0 Å². The first-order valence-corrected chi connectivity index (χ1v) is 5.58. The second-order valence-corrected chi connectivity index (χ2v) is 3.52. The van der Waals surface area contributed by atoms with Crippen LogP contribution in [0.2, 0.25) is 5.15 Å². The van der Waals surface area contributed by atoms with Crippen LogP contribution < -0.4 is 4.90 Å². The van der Waals surface area contributed by atoms with Crippen LogP contribution in [0.1, 0.15) is 6.92 Å². The van der Waals surface area contributed by atoms with E-state index in [1.807, 2.05) is 6.07 Å². The number of nitrogens with zero attached hydrogens (tertiary/aromatic N) is 3. The van der Waals surface area contributed by atoms with Crippen LogP contribution in [0, 0.1) is 0 Å². The third-order valence-corrected chi connectivity index (χ3v) is 2.15. The first-order chi connectivity index (χ1) is 7.77. The van der Waals surface area contributed by atoms with Gasteiger partial charge in [-0.15, -0.1) is 10.2 Å². The summed E-state index contributed by atoms with van der Waals surface area (Å²) < 4.78 is 5.23. The van der Waals surface area contributed by atoms with Crippen molar-refractivity contribution in [3.8, 4) is 0 Å². The normalized spacial score (nSPS) is 15.3. The molecule has 0 bridgehead atoms. The van der Waals surface area contributed by atoms with Gasteiger partial charge in [0.05, 0.1) is 13.2 Å². The van der Waals surface area contributed by atoms with Crippen molar-refractivity contribution in [3.05, 3.63) is 17.3 Å². The van der Waals surface area contributed by atoms with Crippen molar-refractivity contribution in [2.75, 3.05) is 37.8 Å². The van der Waals surface area contributed by atoms with Crippen LogP contribution in [-0.4, -0.2) is 48.2 Å². The maximum atomic E-state index is 7.57. The molecule has 2 rings (SSSR count). The average Bonchev–Trinajstić information content (AvgIpc) is 2.32. The summed E-state index contributed by atoms with van der Waals surface area (Å²) in [7, 11) is 0. The Kier molecular flexibility index (Phi) is 6.07. The van der Waals surface area contributed by atoms with Gasteiger partial charge in [0, 0.05) is 19.7 Å². The van der Waals surface area contributed by atoms with Crippen molar-refractivity contribution >= 4 is 17.4 Å². The Balaban J connectivity index is 0.000000386. The lowest BCUT2D eigenvalue weighted by Crippen LogP contribution is -2.36. The molecule has 0 amide bonds. The first kappa shape index (κ1) is 13.2. The molecule has 0 spiro atoms. The van der Waals surface area contributed by atoms with Crippen LogP contribution in [0.25, 0.3) is 0 Å². The molecule has 0 aromatic carbocycles. The SMILES string of the molecule is CCO.Clc1ccc(N2CCOCC2)nn1. The molecule has 1 aliphatic rings. The minimum absolute atomic E-state index is 0.250. The van der Waals surface area contributed by atoms with Gasteiger partial charge in [0.25, 0.3) is 0 Å². The van der Waals surface area contributed by atoms with Crippen LogP contribution in [0.4, 0.5) is 5.82 Å². The van der Waals surface area contributed by atoms with Crippen LogP contribution >= 0.6 is 11.6 Å². The number of aliphatic hydroxyl groups excluding tert-OH is 1. The molecular formula is C10H16ClN3O2. The number of rotatable bonds is 1. The summed E-state index contributed by atoms with van der Waals surface area (Å²) in [5.41, 5.74) is 0. The zero-order valence-corrected chi connectivity index (χ0v) is 10.0. The van der Waals surface area contributed by atoms with E-state index in [1.165, 1.54) is 0 Å². The summed E-state index contributed by atoms with van der Waals surface area (Å²) in [6.45, 7) is 5.18. The van der Waals surface area contributed by atoms with E-state index in [9.17, 15) is 0 Å². The van der Waals surface area contributed by atoms with Crippen molar-refractivity contribution in [2.45, 2.75) is 6.92 Å². The van der Waals surface area contributed by atoms with Gasteiger partial charge >= 0.3 is 0 Å². The van der Waals surface area contributed by atoms with Crippen molar-refractivity contribution in [1.29, 1.82) is 0 Å². The fourth-order valence-corrected chi connectivity index (χ4v) is 1.37. The second kappa shape index (κ2) is 7.38. The maximum absolute atomic E-state index is 7.57. The van der Waals surface area contributed by atoms with E-state index in [0.29, 0.717) is 5.15 Å². The number of ether oxygens (including phenoxy) is 1. The van der Waals surface area contributed by atoms with Gasteiger partial charge in [0.15, 0.2) is 11.0 Å². The van der Waals surface area contributed by atoms with Crippen molar-refractivity contribution in [3.63, 3.8) is 0 Å². The molecule has 1 saturated heterocycles. The monoisotopic (exact) mass is 245 g/mol. The van der Waals surface area contributed by atoms with Gasteiger partial charge < -0.3 is 14.7 Å². The van der Waals surface area contributed by atoms with Gasteiger partial charge in [-0.25, -0.2) is 0 Å². The molecular weight excluding hydrogens is 230 g/mol. The van der Waals surface area contributed by atoms with Crippen molar-refractivity contribution < 1.29 is 9.84 Å². The molecule has 5 nitrogen and oxygen atoms in total. The number of halogens is 1. The Labute approximate surface area is 100.0 Å². The summed E-state index contributed by atoms with van der Waals surface area (Å²) in [5.74, 6) is 0.868. The van der Waals surface area contributed by atoms with E-state index in [2.05, 4.69) is 15.1 Å². The molecule has 2 heterocycles. The maximum Gasteiger partial charge on any atom is 0.151 e. The lowest BCUT2D eigenvalue weighted by Gasteiger charge is -2.27. The standard InChI is InChI=1S/C8H10ClN3O.C2H6O/c9-7-1-2-8(11-10-7)12-3-5-13-6-4-12;1-2-3/h1-2H,3-6H2;3H,2H2,1H3. The van der Waals surface area contributed by atoms with Crippen LogP contribution in [0.5, 0.6) is 0 Å². The molecule has 1 aliphatic heterocycles. The predicted octanol–water partition coefficient (Wildman–Crippen LogP) is 0.965. The molecule has 1 fully saturated rings. The fraction of sp³-hybridized carbons (Fsp3) is 0.600. The first-order valence-electron chi connectivity index (χ1n) is 5.20.